The van der Waals surface area contributed by atoms with Crippen LogP contribution in [0.15, 0.2) is 261 Å². The summed E-state index contributed by atoms with van der Waals surface area (Å²) in [6.45, 7) is 0. The van der Waals surface area contributed by atoms with Gasteiger partial charge in [0.1, 0.15) is 0 Å². The molecule has 0 radical (unpaired) electrons. The Bertz CT molecular complexity index is 4630. The monoisotopic (exact) mass is 953 g/mol. The van der Waals surface area contributed by atoms with E-state index in [9.17, 15) is 0 Å². The Balaban J connectivity index is 0.973. The van der Waals surface area contributed by atoms with Gasteiger partial charge in [0.05, 0.1) is 33.2 Å². The third-order valence-electron chi connectivity index (χ3n) is 16.0. The maximum Gasteiger partial charge on any atom is 0.164 e. The molecule has 0 saturated heterocycles. The summed E-state index contributed by atoms with van der Waals surface area (Å²) in [6.07, 6.45) is 0. The lowest BCUT2D eigenvalue weighted by Gasteiger charge is -2.39. The van der Waals surface area contributed by atoms with Crippen LogP contribution in [0.1, 0.15) is 22.3 Å². The highest BCUT2D eigenvalue weighted by atomic mass is 15.0. The Morgan fingerprint density at radius 2 is 0.787 bits per heavy atom. The van der Waals surface area contributed by atoms with Crippen LogP contribution in [-0.2, 0) is 5.41 Å². The van der Waals surface area contributed by atoms with Gasteiger partial charge in [-0.1, -0.05) is 212 Å². The smallest absolute Gasteiger partial charge is 0.164 e. The van der Waals surface area contributed by atoms with Gasteiger partial charge in [-0.2, -0.15) is 0 Å². The first kappa shape index (κ1) is 41.6. The summed E-state index contributed by atoms with van der Waals surface area (Å²) in [4.78, 5) is 16.1. The summed E-state index contributed by atoms with van der Waals surface area (Å²) in [6, 6.07) is 94.7. The molecule has 0 bridgehead atoms. The van der Waals surface area contributed by atoms with Crippen LogP contribution in [0.3, 0.4) is 0 Å². The fourth-order valence-corrected chi connectivity index (χ4v) is 12.8. The van der Waals surface area contributed by atoms with Crippen molar-refractivity contribution in [3.05, 3.63) is 283 Å². The molecule has 0 fully saturated rings. The molecule has 16 rings (SSSR count). The largest absolute Gasteiger partial charge is 0.309 e. The molecule has 1 spiro atoms. The number of rotatable bonds is 6. The van der Waals surface area contributed by atoms with Crippen molar-refractivity contribution < 1.29 is 0 Å². The minimum absolute atomic E-state index is 0.623. The van der Waals surface area contributed by atoms with Crippen molar-refractivity contribution in [1.29, 1.82) is 0 Å². The Hall–Kier alpha value is -9.97. The summed E-state index contributed by atoms with van der Waals surface area (Å²) >= 11 is 0. The molecule has 0 saturated carbocycles. The molecule has 0 amide bonds. The van der Waals surface area contributed by atoms with Crippen LogP contribution in [0.5, 0.6) is 0 Å². The Labute approximate surface area is 433 Å². The van der Waals surface area contributed by atoms with E-state index in [4.69, 9.17) is 15.0 Å². The van der Waals surface area contributed by atoms with Gasteiger partial charge in [-0.15, -0.1) is 0 Å². The molecule has 3 aromatic heterocycles. The fourth-order valence-electron chi connectivity index (χ4n) is 12.8. The lowest BCUT2D eigenvalue weighted by atomic mass is 9.65. The molecular formula is C70H43N5. The van der Waals surface area contributed by atoms with Crippen molar-refractivity contribution in [1.82, 2.24) is 24.1 Å². The number of hydrogen-bond acceptors (Lipinski definition) is 3. The third kappa shape index (κ3) is 5.98. The standard InChI is InChI=1S/C70H43N5/c1-4-18-44(19-5-1)45-34-36-47(37-35-45)68-71-67(46-20-6-2-7-21-46)72-69(73-68)54-27-17-29-59-65(54)56-43-48(49-39-41-63-55(42-49)52-25-11-13-31-61(52)74(63)50-22-8-3-9-23-50)38-40-57(56)70(59)58-28-12-15-33-64(58)75-62-32-14-10-24-51(62)53-26-16-30-60(70)66(53)75/h1-43H. The second-order valence-corrected chi connectivity index (χ2v) is 19.8. The zero-order valence-corrected chi connectivity index (χ0v) is 40.6. The molecule has 14 aromatic rings. The van der Waals surface area contributed by atoms with E-state index in [-0.39, 0.29) is 0 Å². The Morgan fingerprint density at radius 1 is 0.280 bits per heavy atom. The third-order valence-corrected chi connectivity index (χ3v) is 16.0. The van der Waals surface area contributed by atoms with E-state index in [0.717, 1.165) is 55.8 Å². The normalized spacial score (nSPS) is 14.2. The molecule has 1 atom stereocenters. The highest BCUT2D eigenvalue weighted by molar-refractivity contribution is 6.14. The molecule has 4 heterocycles. The van der Waals surface area contributed by atoms with Crippen LogP contribution in [0.2, 0.25) is 0 Å². The zero-order chi connectivity index (χ0) is 49.2. The van der Waals surface area contributed by atoms with Gasteiger partial charge in [0.15, 0.2) is 17.5 Å². The Kier molecular flexibility index (Phi) is 8.89. The van der Waals surface area contributed by atoms with E-state index in [1.165, 1.54) is 71.6 Å². The van der Waals surface area contributed by atoms with Crippen molar-refractivity contribution in [2.24, 2.45) is 0 Å². The predicted molar refractivity (Wildman–Crippen MR) is 307 cm³/mol. The molecule has 348 valence electrons. The first-order valence-corrected chi connectivity index (χ1v) is 25.7. The minimum Gasteiger partial charge on any atom is -0.309 e. The number of benzene rings is 11. The van der Waals surface area contributed by atoms with Crippen molar-refractivity contribution in [2.45, 2.75) is 5.41 Å². The number of aromatic nitrogens is 5. The molecule has 75 heavy (non-hydrogen) atoms. The van der Waals surface area contributed by atoms with Crippen LogP contribution in [0.25, 0.3) is 123 Å². The van der Waals surface area contributed by atoms with Crippen LogP contribution in [0.4, 0.5) is 0 Å². The maximum absolute atomic E-state index is 5.48. The van der Waals surface area contributed by atoms with E-state index in [1.807, 2.05) is 18.2 Å². The van der Waals surface area contributed by atoms with Crippen molar-refractivity contribution in [2.75, 3.05) is 0 Å². The zero-order valence-electron chi connectivity index (χ0n) is 40.6. The number of fused-ring (bicyclic) bond motifs is 15. The number of hydrogen-bond donors (Lipinski definition) is 0. The van der Waals surface area contributed by atoms with E-state index in [1.54, 1.807) is 0 Å². The molecular weight excluding hydrogens is 911 g/mol. The molecule has 5 heteroatoms. The average molecular weight is 954 g/mol. The maximum atomic E-state index is 5.48. The van der Waals surface area contributed by atoms with Gasteiger partial charge in [-0.25, -0.2) is 15.0 Å². The predicted octanol–water partition coefficient (Wildman–Crippen LogP) is 17.1. The van der Waals surface area contributed by atoms with Gasteiger partial charge in [0.2, 0.25) is 0 Å². The second-order valence-electron chi connectivity index (χ2n) is 19.8. The molecule has 1 aliphatic carbocycles. The van der Waals surface area contributed by atoms with E-state index < -0.39 is 5.41 Å². The Morgan fingerprint density at radius 3 is 1.56 bits per heavy atom. The van der Waals surface area contributed by atoms with Crippen LogP contribution in [-0.4, -0.2) is 24.1 Å². The summed E-state index contributed by atoms with van der Waals surface area (Å²) in [5.74, 6) is 1.88. The summed E-state index contributed by atoms with van der Waals surface area (Å²) in [7, 11) is 0. The van der Waals surface area contributed by atoms with Crippen LogP contribution >= 0.6 is 0 Å². The lowest BCUT2D eigenvalue weighted by molar-refractivity contribution is 0.748. The molecule has 11 aromatic carbocycles. The first-order valence-electron chi connectivity index (χ1n) is 25.7. The van der Waals surface area contributed by atoms with Gasteiger partial charge in [0.25, 0.3) is 0 Å². The van der Waals surface area contributed by atoms with Gasteiger partial charge in [-0.3, -0.25) is 0 Å². The summed E-state index contributed by atoms with van der Waals surface area (Å²) in [5, 5.41) is 4.93. The van der Waals surface area contributed by atoms with Crippen molar-refractivity contribution in [3.63, 3.8) is 0 Å². The molecule has 5 nitrogen and oxygen atoms in total. The molecule has 0 N–H and O–H groups in total. The SMILES string of the molecule is c1ccc(-c2ccc(-c3nc(-c4ccccc4)nc(-c4cccc5c4-c4cc(-c6ccc7c(c6)c6ccccc6n7-c6ccccc6)ccc4C54c5ccccc5-n5c6ccccc6c6cccc4c65)n3)cc2)cc1. The number of nitrogens with zero attached hydrogens (tertiary/aromatic N) is 5. The summed E-state index contributed by atoms with van der Waals surface area (Å²) < 4.78 is 4.89. The van der Waals surface area contributed by atoms with Gasteiger partial charge >= 0.3 is 0 Å². The van der Waals surface area contributed by atoms with Crippen molar-refractivity contribution in [3.8, 4) is 78.9 Å². The highest BCUT2D eigenvalue weighted by Crippen LogP contribution is 2.63. The van der Waals surface area contributed by atoms with Crippen molar-refractivity contribution >= 4 is 43.6 Å². The van der Waals surface area contributed by atoms with E-state index in [2.05, 4.69) is 252 Å². The average Bonchev–Trinajstić information content (AvgIpc) is 4.16. The lowest BCUT2D eigenvalue weighted by Crippen LogP contribution is -2.33. The van der Waals surface area contributed by atoms with Gasteiger partial charge < -0.3 is 9.13 Å². The quantitative estimate of drug-likeness (QED) is 0.167. The topological polar surface area (TPSA) is 48.5 Å². The molecule has 1 unspecified atom stereocenters. The fraction of sp³-hybridized carbons (Fsp3) is 0.0143. The number of para-hydroxylation sites is 5. The minimum atomic E-state index is -0.682. The van der Waals surface area contributed by atoms with E-state index in [0.29, 0.717) is 17.5 Å². The summed E-state index contributed by atoms with van der Waals surface area (Å²) in [5.41, 5.74) is 21.1. The van der Waals surface area contributed by atoms with E-state index >= 15 is 0 Å². The second kappa shape index (κ2) is 16.0. The van der Waals surface area contributed by atoms with Crippen LogP contribution in [0, 0.1) is 0 Å². The highest BCUT2D eigenvalue weighted by Gasteiger charge is 2.51. The van der Waals surface area contributed by atoms with Gasteiger partial charge in [-0.05, 0) is 104 Å². The molecule has 1 aliphatic heterocycles. The van der Waals surface area contributed by atoms with Crippen LogP contribution < -0.4 is 0 Å². The van der Waals surface area contributed by atoms with Gasteiger partial charge in [0, 0.05) is 43.9 Å². The molecule has 2 aliphatic rings. The first-order chi connectivity index (χ1) is 37.2.